The van der Waals surface area contributed by atoms with Gasteiger partial charge in [0.2, 0.25) is 11.0 Å². The maximum absolute atomic E-state index is 13.6. The van der Waals surface area contributed by atoms with Crippen LogP contribution in [0.3, 0.4) is 0 Å². The van der Waals surface area contributed by atoms with E-state index in [-0.39, 0.29) is 16.4 Å². The number of hydrogen-bond donors (Lipinski definition) is 2. The Kier molecular flexibility index (Phi) is 4.54. The van der Waals surface area contributed by atoms with Gasteiger partial charge in [0.25, 0.3) is 5.92 Å². The summed E-state index contributed by atoms with van der Waals surface area (Å²) in [6, 6.07) is 6.23. The predicted octanol–water partition coefficient (Wildman–Crippen LogP) is 4.13. The number of alkyl halides is 2. The number of hydrogen-bond acceptors (Lipinski definition) is 3. The van der Waals surface area contributed by atoms with Crippen molar-refractivity contribution in [3.05, 3.63) is 57.3 Å². The third-order valence-electron chi connectivity index (χ3n) is 4.78. The van der Waals surface area contributed by atoms with Crippen molar-refractivity contribution in [1.29, 1.82) is 5.41 Å². The van der Waals surface area contributed by atoms with Gasteiger partial charge in [0.05, 0.1) is 11.5 Å². The Balaban J connectivity index is 2.13. The zero-order valence-electron chi connectivity index (χ0n) is 14.7. The number of benzene rings is 1. The first-order valence-electron chi connectivity index (χ1n) is 8.03. The summed E-state index contributed by atoms with van der Waals surface area (Å²) >= 11 is 0.539. The smallest absolute Gasteiger partial charge is 0.270 e. The number of nitrogens with one attached hydrogen (secondary N) is 2. The van der Waals surface area contributed by atoms with E-state index in [1.165, 1.54) is 31.3 Å². The Morgan fingerprint density at radius 2 is 1.85 bits per heavy atom. The van der Waals surface area contributed by atoms with Gasteiger partial charge < -0.3 is 5.32 Å². The molecule has 0 radical (unpaired) electrons. The van der Waals surface area contributed by atoms with E-state index in [1.54, 1.807) is 6.92 Å². The molecule has 0 bridgehead atoms. The molecule has 144 valence electrons. The first-order valence-corrected chi connectivity index (χ1v) is 8.84. The number of carbonyl (C=O) groups is 1. The Bertz CT molecular complexity index is 887. The maximum atomic E-state index is 13.6. The van der Waals surface area contributed by atoms with Crippen molar-refractivity contribution in [2.45, 2.75) is 31.2 Å². The van der Waals surface area contributed by atoms with Crippen molar-refractivity contribution in [3.8, 4) is 0 Å². The van der Waals surface area contributed by atoms with Crippen LogP contribution in [0.25, 0.3) is 0 Å². The normalized spacial score (nSPS) is 23.5. The number of carbonyl (C=O) groups excluding carboxylic acids is 1. The minimum atomic E-state index is -3.03. The Hall–Kier alpha value is -2.42. The fourth-order valence-electron chi connectivity index (χ4n) is 3.20. The minimum absolute atomic E-state index is 0.193. The van der Waals surface area contributed by atoms with Crippen molar-refractivity contribution in [2.75, 3.05) is 7.05 Å². The second-order valence-corrected chi connectivity index (χ2v) is 7.75. The van der Waals surface area contributed by atoms with Crippen LogP contribution in [0.5, 0.6) is 0 Å². The van der Waals surface area contributed by atoms with Gasteiger partial charge in [-0.25, -0.2) is 13.2 Å². The predicted molar refractivity (Wildman–Crippen MR) is 94.0 cm³/mol. The molecule has 0 spiro atoms. The molecule has 1 aromatic heterocycles. The van der Waals surface area contributed by atoms with Crippen molar-refractivity contribution >= 4 is 23.2 Å². The first-order chi connectivity index (χ1) is 12.4. The van der Waals surface area contributed by atoms with Crippen molar-refractivity contribution < 1.29 is 22.4 Å². The molecule has 9 heteroatoms. The van der Waals surface area contributed by atoms with Crippen LogP contribution < -0.4 is 5.32 Å². The number of rotatable bonds is 3. The SMILES string of the molecule is CN1C(=N)N[C@](C)(c2cc(F)c(F)s2)[C@H](c2ccc(C(C)(F)F)cc2)C1=O. The van der Waals surface area contributed by atoms with Crippen LogP contribution in [0, 0.1) is 16.4 Å². The van der Waals surface area contributed by atoms with E-state index in [0.717, 1.165) is 17.9 Å². The summed E-state index contributed by atoms with van der Waals surface area (Å²) in [6.07, 6.45) is 0. The fourth-order valence-corrected chi connectivity index (χ4v) is 4.10. The van der Waals surface area contributed by atoms with E-state index in [2.05, 4.69) is 5.32 Å². The van der Waals surface area contributed by atoms with Gasteiger partial charge in [-0.3, -0.25) is 15.1 Å². The number of guanidine groups is 1. The summed E-state index contributed by atoms with van der Waals surface area (Å²) in [6.45, 7) is 2.33. The van der Waals surface area contributed by atoms with Crippen molar-refractivity contribution in [3.63, 3.8) is 0 Å². The lowest BCUT2D eigenvalue weighted by molar-refractivity contribution is -0.131. The molecule has 2 N–H and O–H groups in total. The largest absolute Gasteiger partial charge is 0.345 e. The van der Waals surface area contributed by atoms with Crippen LogP contribution in [0.4, 0.5) is 17.6 Å². The summed E-state index contributed by atoms with van der Waals surface area (Å²) in [5.74, 6) is -5.74. The summed E-state index contributed by atoms with van der Waals surface area (Å²) in [5, 5.41) is 9.79. The van der Waals surface area contributed by atoms with Gasteiger partial charge >= 0.3 is 0 Å². The molecule has 3 rings (SSSR count). The summed E-state index contributed by atoms with van der Waals surface area (Å²) in [4.78, 5) is 14.2. The number of likely N-dealkylation sites (N-methyl/N-ethyl adjacent to an activating group) is 1. The highest BCUT2D eigenvalue weighted by Gasteiger charge is 2.49. The van der Waals surface area contributed by atoms with E-state index in [9.17, 15) is 22.4 Å². The minimum Gasteiger partial charge on any atom is -0.345 e. The average molecular weight is 399 g/mol. The number of thiophene rings is 1. The third kappa shape index (κ3) is 3.20. The second kappa shape index (κ2) is 6.33. The van der Waals surface area contributed by atoms with E-state index in [0.29, 0.717) is 16.9 Å². The first kappa shape index (κ1) is 19.3. The Labute approximate surface area is 157 Å². The molecule has 0 aliphatic carbocycles. The molecule has 1 fully saturated rings. The molecular formula is C18H17F4N3OS. The molecular weight excluding hydrogens is 382 g/mol. The van der Waals surface area contributed by atoms with Gasteiger partial charge in [0, 0.05) is 24.4 Å². The van der Waals surface area contributed by atoms with Crippen LogP contribution in [0.15, 0.2) is 30.3 Å². The van der Waals surface area contributed by atoms with Crippen LogP contribution in [-0.2, 0) is 16.3 Å². The summed E-state index contributed by atoms with van der Waals surface area (Å²) in [5.41, 5.74) is -1.12. The molecule has 2 atom stereocenters. The lowest BCUT2D eigenvalue weighted by atomic mass is 9.76. The molecule has 4 nitrogen and oxygen atoms in total. The zero-order valence-corrected chi connectivity index (χ0v) is 15.6. The maximum Gasteiger partial charge on any atom is 0.270 e. The van der Waals surface area contributed by atoms with Crippen LogP contribution in [-0.4, -0.2) is 23.8 Å². The molecule has 2 aromatic rings. The Morgan fingerprint density at radius 1 is 1.26 bits per heavy atom. The van der Waals surface area contributed by atoms with Crippen LogP contribution in [0.2, 0.25) is 0 Å². The van der Waals surface area contributed by atoms with Gasteiger partial charge in [-0.1, -0.05) is 24.3 Å². The van der Waals surface area contributed by atoms with E-state index in [4.69, 9.17) is 5.41 Å². The van der Waals surface area contributed by atoms with E-state index in [1.807, 2.05) is 0 Å². The number of amides is 1. The lowest BCUT2D eigenvalue weighted by Gasteiger charge is -2.45. The zero-order chi connectivity index (χ0) is 20.1. The lowest BCUT2D eigenvalue weighted by Crippen LogP contribution is -2.62. The quantitative estimate of drug-likeness (QED) is 0.763. The Morgan fingerprint density at radius 3 is 2.33 bits per heavy atom. The topological polar surface area (TPSA) is 56.2 Å². The highest BCUT2D eigenvalue weighted by Crippen LogP contribution is 2.44. The molecule has 1 aliphatic heterocycles. The fraction of sp³-hybridized carbons (Fsp3) is 0.333. The average Bonchev–Trinajstić information content (AvgIpc) is 2.92. The number of halogens is 4. The molecule has 0 saturated carbocycles. The van der Waals surface area contributed by atoms with Gasteiger partial charge in [0.1, 0.15) is 0 Å². The van der Waals surface area contributed by atoms with Crippen LogP contribution in [0.1, 0.15) is 35.8 Å². The molecule has 0 unspecified atom stereocenters. The highest BCUT2D eigenvalue weighted by molar-refractivity contribution is 7.10. The van der Waals surface area contributed by atoms with Crippen molar-refractivity contribution in [2.24, 2.45) is 0 Å². The highest BCUT2D eigenvalue weighted by atomic mass is 32.1. The second-order valence-electron chi connectivity index (χ2n) is 6.75. The van der Waals surface area contributed by atoms with Crippen LogP contribution >= 0.6 is 11.3 Å². The molecule has 2 heterocycles. The summed E-state index contributed by atoms with van der Waals surface area (Å²) < 4.78 is 54.2. The van der Waals surface area contributed by atoms with E-state index >= 15 is 0 Å². The van der Waals surface area contributed by atoms with Gasteiger partial charge in [0.15, 0.2) is 11.8 Å². The molecule has 1 saturated heterocycles. The monoisotopic (exact) mass is 399 g/mol. The number of nitrogens with zero attached hydrogens (tertiary/aromatic N) is 1. The van der Waals surface area contributed by atoms with Gasteiger partial charge in [-0.05, 0) is 18.6 Å². The van der Waals surface area contributed by atoms with Gasteiger partial charge in [-0.2, -0.15) is 4.39 Å². The van der Waals surface area contributed by atoms with E-state index < -0.39 is 34.2 Å². The van der Waals surface area contributed by atoms with Crippen molar-refractivity contribution in [1.82, 2.24) is 10.2 Å². The molecule has 1 aliphatic rings. The molecule has 1 aromatic carbocycles. The standard InChI is InChI=1S/C18H17F4N3OS/c1-17(12-8-11(19)14(20)27-12)13(15(26)25(3)16(23)24-17)9-4-6-10(7-5-9)18(2,21)22/h4-8,13H,1-3H3,(H2,23,24)/t13-,17-/m1/s1. The molecule has 1 amide bonds. The third-order valence-corrected chi connectivity index (χ3v) is 5.91. The summed E-state index contributed by atoms with van der Waals surface area (Å²) in [7, 11) is 1.40. The van der Waals surface area contributed by atoms with Gasteiger partial charge in [-0.15, -0.1) is 11.3 Å². The molecule has 27 heavy (non-hydrogen) atoms.